The minimum absolute atomic E-state index is 0.0763. The van der Waals surface area contributed by atoms with Crippen molar-refractivity contribution in [2.24, 2.45) is 13.0 Å². The summed E-state index contributed by atoms with van der Waals surface area (Å²) in [5.41, 5.74) is 0.705. The molecule has 3 aromatic rings. The number of esters is 1. The van der Waals surface area contributed by atoms with Gasteiger partial charge < -0.3 is 35.4 Å². The molecule has 374 valence electrons. The maximum atomic E-state index is 15.3. The number of nitrogens with one attached hydrogen (secondary N) is 4. The van der Waals surface area contributed by atoms with Gasteiger partial charge in [0.15, 0.2) is 5.67 Å². The van der Waals surface area contributed by atoms with E-state index < -0.39 is 29.4 Å². The first-order valence-electron chi connectivity index (χ1n) is 24.7. The minimum Gasteiger partial charge on any atom is -0.462 e. The number of piperazine rings is 2. The highest BCUT2D eigenvalue weighted by atomic mass is 19.1. The SMILES string of the molecule is CCOC(=O)c1cnc(Nc2cnn(C)c2)nc1NC1CCC(N2CCN(C=O)CC2)CC1.O=C1CCC(Nc2ccc(N3CCN(CC4(F)CN(C(=O)C5CCCCC5)C4)CC3)c(F)c2)C(=O)N1. The van der Waals surface area contributed by atoms with Crippen LogP contribution in [0.15, 0.2) is 36.8 Å². The topological polar surface area (TPSA) is 202 Å². The van der Waals surface area contributed by atoms with Gasteiger partial charge in [-0.3, -0.25) is 39.0 Å². The van der Waals surface area contributed by atoms with Crippen molar-refractivity contribution in [2.75, 3.05) is 99.4 Å². The van der Waals surface area contributed by atoms with Crippen molar-refractivity contribution >= 4 is 58.9 Å². The van der Waals surface area contributed by atoms with E-state index in [2.05, 4.69) is 46.1 Å². The second kappa shape index (κ2) is 22.6. The number of carbonyl (C=O) groups is 5. The Morgan fingerprint density at radius 2 is 1.65 bits per heavy atom. The Bertz CT molecular complexity index is 2270. The van der Waals surface area contributed by atoms with E-state index in [0.29, 0.717) is 73.9 Å². The number of halogens is 2. The molecule has 2 saturated carbocycles. The Kier molecular flexibility index (Phi) is 16.2. The molecule has 2 aliphatic carbocycles. The summed E-state index contributed by atoms with van der Waals surface area (Å²) in [7, 11) is 1.83. The average Bonchev–Trinajstić information content (AvgIpc) is 3.76. The quantitative estimate of drug-likeness (QED) is 0.103. The van der Waals surface area contributed by atoms with Gasteiger partial charge in [0.05, 0.1) is 37.3 Å². The van der Waals surface area contributed by atoms with Crippen LogP contribution in [0.4, 0.5) is 37.6 Å². The standard InChI is InChI=1S/C26H35F2N5O3.C22H32N8O3/c27-20-14-19(29-21-7-9-23(34)30-24(21)35)6-8-22(20)32-12-10-31(11-13-32)15-26(28)16-33(17-26)25(36)18-4-2-1-3-5-18;1-3-33-21(32)19-13-23-22(26-17-12-24-28(2)14-17)27-20(19)25-16-4-6-18(7-5-16)30-10-8-29(15-31)9-11-30/h6,8,14,18,21,29H,1-5,7,9-13,15-17H2,(H,30,34,35);12-16,18H,3-11H2,1-2H3,(H2,23,25,26,27). The Morgan fingerprint density at radius 3 is 2.30 bits per heavy atom. The smallest absolute Gasteiger partial charge is 0.343 e. The fourth-order valence-corrected chi connectivity index (χ4v) is 10.4. The number of benzene rings is 1. The fourth-order valence-electron chi connectivity index (χ4n) is 10.4. The maximum Gasteiger partial charge on any atom is 0.343 e. The predicted octanol–water partition coefficient (Wildman–Crippen LogP) is 3.92. The molecule has 1 aromatic carbocycles. The van der Waals surface area contributed by atoms with Gasteiger partial charge in [-0.2, -0.15) is 10.1 Å². The van der Waals surface area contributed by atoms with Crippen LogP contribution in [-0.4, -0.2) is 172 Å². The highest BCUT2D eigenvalue weighted by Crippen LogP contribution is 2.34. The summed E-state index contributed by atoms with van der Waals surface area (Å²) < 4.78 is 37.1. The first-order valence-corrected chi connectivity index (χ1v) is 24.7. The monoisotopic (exact) mass is 960 g/mol. The minimum atomic E-state index is -1.36. The zero-order valence-corrected chi connectivity index (χ0v) is 39.8. The highest BCUT2D eigenvalue weighted by molar-refractivity contribution is 6.01. The van der Waals surface area contributed by atoms with E-state index in [9.17, 15) is 28.4 Å². The summed E-state index contributed by atoms with van der Waals surface area (Å²) in [5, 5.41) is 16.0. The van der Waals surface area contributed by atoms with Crippen molar-refractivity contribution in [1.29, 1.82) is 0 Å². The van der Waals surface area contributed by atoms with Gasteiger partial charge in [0, 0.05) is 108 Å². The number of anilines is 5. The molecule has 0 bridgehead atoms. The van der Waals surface area contributed by atoms with E-state index >= 15 is 4.39 Å². The highest BCUT2D eigenvalue weighted by Gasteiger charge is 2.48. The molecule has 6 heterocycles. The molecule has 0 spiro atoms. The second-order valence-electron chi connectivity index (χ2n) is 19.3. The van der Waals surface area contributed by atoms with Crippen molar-refractivity contribution in [1.82, 2.24) is 44.7 Å². The predicted molar refractivity (Wildman–Crippen MR) is 255 cm³/mol. The number of piperidine rings is 1. The third kappa shape index (κ3) is 12.8. The molecule has 4 amide bonds. The van der Waals surface area contributed by atoms with Crippen LogP contribution in [0.5, 0.6) is 0 Å². The number of imide groups is 1. The zero-order chi connectivity index (χ0) is 48.5. The van der Waals surface area contributed by atoms with Crippen LogP contribution in [0, 0.1) is 11.7 Å². The molecule has 4 N–H and O–H groups in total. The van der Waals surface area contributed by atoms with Crippen molar-refractivity contribution in [2.45, 2.75) is 101 Å². The number of aryl methyl sites for hydroxylation is 1. The van der Waals surface area contributed by atoms with Crippen molar-refractivity contribution in [3.63, 3.8) is 0 Å². The first-order chi connectivity index (χ1) is 33.3. The summed E-state index contributed by atoms with van der Waals surface area (Å²) in [4.78, 5) is 78.2. The van der Waals surface area contributed by atoms with E-state index in [1.54, 1.807) is 34.8 Å². The Hall–Kier alpha value is -5.96. The van der Waals surface area contributed by atoms with E-state index in [4.69, 9.17) is 4.74 Å². The molecule has 0 radical (unpaired) electrons. The van der Waals surface area contributed by atoms with Crippen LogP contribution in [0.3, 0.4) is 0 Å². The molecule has 2 aromatic heterocycles. The van der Waals surface area contributed by atoms with Gasteiger partial charge in [-0.05, 0) is 70.1 Å². The zero-order valence-electron chi connectivity index (χ0n) is 39.8. The Labute approximate surface area is 402 Å². The number of hydrogen-bond acceptors (Lipinski definition) is 15. The Balaban J connectivity index is 0.000000187. The van der Waals surface area contributed by atoms with E-state index in [1.165, 1.54) is 18.7 Å². The second-order valence-corrected chi connectivity index (χ2v) is 19.3. The van der Waals surface area contributed by atoms with Gasteiger partial charge in [-0.15, -0.1) is 0 Å². The van der Waals surface area contributed by atoms with Gasteiger partial charge in [-0.1, -0.05) is 19.3 Å². The summed E-state index contributed by atoms with van der Waals surface area (Å²) in [6, 6.07) is 4.98. The number of likely N-dealkylation sites (tertiary alicyclic amines) is 1. The summed E-state index contributed by atoms with van der Waals surface area (Å²) >= 11 is 0. The van der Waals surface area contributed by atoms with E-state index in [-0.39, 0.29) is 49.9 Å². The number of rotatable bonds is 14. The molecule has 1 atom stereocenters. The Morgan fingerprint density at radius 1 is 0.913 bits per heavy atom. The number of amides is 4. The lowest BCUT2D eigenvalue weighted by atomic mass is 9.85. The van der Waals surface area contributed by atoms with Crippen LogP contribution >= 0.6 is 0 Å². The van der Waals surface area contributed by atoms with Crippen LogP contribution in [0.2, 0.25) is 0 Å². The normalized spacial score (nSPS) is 23.5. The number of alkyl halides is 1. The first kappa shape index (κ1) is 49.5. The molecular formula is C48H67F2N13O6. The largest absolute Gasteiger partial charge is 0.462 e. The number of carbonyl (C=O) groups excluding carboxylic acids is 5. The van der Waals surface area contributed by atoms with Gasteiger partial charge in [0.2, 0.25) is 30.1 Å². The molecule has 9 rings (SSSR count). The molecular weight excluding hydrogens is 893 g/mol. The molecule has 1 unspecified atom stereocenters. The van der Waals surface area contributed by atoms with Gasteiger partial charge in [0.25, 0.3) is 0 Å². The molecule has 21 heteroatoms. The lowest BCUT2D eigenvalue weighted by Crippen LogP contribution is -2.67. The average molecular weight is 960 g/mol. The van der Waals surface area contributed by atoms with Crippen molar-refractivity contribution in [3.05, 3.63) is 48.2 Å². The van der Waals surface area contributed by atoms with Gasteiger partial charge in [-0.25, -0.2) is 18.6 Å². The number of nitrogens with zero attached hydrogens (tertiary/aromatic N) is 9. The molecule has 6 fully saturated rings. The summed E-state index contributed by atoms with van der Waals surface area (Å²) in [6.07, 6.45) is 15.9. The maximum absolute atomic E-state index is 15.3. The van der Waals surface area contributed by atoms with E-state index in [1.807, 2.05) is 23.0 Å². The molecule has 69 heavy (non-hydrogen) atoms. The van der Waals surface area contributed by atoms with Crippen LogP contribution in [-0.2, 0) is 31.0 Å². The van der Waals surface area contributed by atoms with Crippen LogP contribution in [0.25, 0.3) is 0 Å². The van der Waals surface area contributed by atoms with Crippen molar-refractivity contribution < 1.29 is 37.5 Å². The lowest BCUT2D eigenvalue weighted by molar-refractivity contribution is -0.152. The molecule has 4 saturated heterocycles. The fraction of sp³-hybridized carbons (Fsp3) is 0.625. The van der Waals surface area contributed by atoms with Gasteiger partial charge >= 0.3 is 5.97 Å². The van der Waals surface area contributed by atoms with Crippen molar-refractivity contribution in [3.8, 4) is 0 Å². The van der Waals surface area contributed by atoms with Crippen LogP contribution < -0.4 is 26.2 Å². The number of hydrogen-bond donors (Lipinski definition) is 4. The molecule has 6 aliphatic rings. The number of aromatic nitrogens is 4. The lowest BCUT2D eigenvalue weighted by Gasteiger charge is -2.49. The van der Waals surface area contributed by atoms with Gasteiger partial charge in [0.1, 0.15) is 23.2 Å². The van der Waals surface area contributed by atoms with E-state index in [0.717, 1.165) is 89.6 Å². The third-order valence-corrected chi connectivity index (χ3v) is 14.3. The van der Waals surface area contributed by atoms with Crippen LogP contribution in [0.1, 0.15) is 87.9 Å². The molecule has 19 nitrogen and oxygen atoms in total. The third-order valence-electron chi connectivity index (χ3n) is 14.3. The number of ether oxygens (including phenoxy) is 1. The summed E-state index contributed by atoms with van der Waals surface area (Å²) in [6.45, 7) is 8.61. The molecule has 4 aliphatic heterocycles. The summed E-state index contributed by atoms with van der Waals surface area (Å²) in [5.74, 6) is -0.442.